The maximum Gasteiger partial charge on any atom is 0.229 e. The molecule has 0 aliphatic carbocycles. The summed E-state index contributed by atoms with van der Waals surface area (Å²) in [7, 11) is 1.74. The molecule has 0 spiro atoms. The summed E-state index contributed by atoms with van der Waals surface area (Å²) < 4.78 is 18.1. The number of carbonyl (C=O) groups excluding carboxylic acids is 1. The lowest BCUT2D eigenvalue weighted by molar-refractivity contribution is -0.136. The molecule has 1 aromatic carbocycles. The highest BCUT2D eigenvalue weighted by Crippen LogP contribution is 2.23. The highest BCUT2D eigenvalue weighted by molar-refractivity contribution is 5.80. The smallest absolute Gasteiger partial charge is 0.229 e. The van der Waals surface area contributed by atoms with Gasteiger partial charge in [0.15, 0.2) is 0 Å². The number of nitrogens with zero attached hydrogens (tertiary/aromatic N) is 1. The molecule has 0 aromatic heterocycles. The number of nitrogens with two attached hydrogens (primary N) is 1. The van der Waals surface area contributed by atoms with Crippen LogP contribution in [-0.2, 0) is 9.53 Å². The second-order valence-corrected chi connectivity index (χ2v) is 4.98. The normalized spacial score (nSPS) is 24.2. The van der Waals surface area contributed by atoms with Crippen molar-refractivity contribution >= 4 is 5.91 Å². The molecule has 5 heteroatoms. The Bertz CT molecular complexity index is 449. The van der Waals surface area contributed by atoms with Gasteiger partial charge in [0, 0.05) is 13.1 Å². The zero-order chi connectivity index (χ0) is 14.0. The summed E-state index contributed by atoms with van der Waals surface area (Å²) in [6.45, 7) is 2.71. The fourth-order valence-corrected chi connectivity index (χ4v) is 2.24. The van der Waals surface area contributed by atoms with Crippen molar-refractivity contribution in [2.75, 3.05) is 20.3 Å². The van der Waals surface area contributed by atoms with Crippen molar-refractivity contribution in [2.24, 2.45) is 11.7 Å². The van der Waals surface area contributed by atoms with Crippen LogP contribution in [0, 0.1) is 11.7 Å². The van der Waals surface area contributed by atoms with E-state index in [0.29, 0.717) is 13.2 Å². The average Bonchev–Trinajstić information content (AvgIpc) is 2.83. The van der Waals surface area contributed by atoms with Gasteiger partial charge in [-0.1, -0.05) is 12.1 Å². The topological polar surface area (TPSA) is 55.6 Å². The molecule has 3 atom stereocenters. The van der Waals surface area contributed by atoms with Crippen LogP contribution in [0.1, 0.15) is 18.5 Å². The third-order valence-corrected chi connectivity index (χ3v) is 3.72. The molecule has 4 nitrogen and oxygen atoms in total. The predicted molar refractivity (Wildman–Crippen MR) is 69.9 cm³/mol. The van der Waals surface area contributed by atoms with Crippen molar-refractivity contribution in [3.8, 4) is 0 Å². The Kier molecular flexibility index (Phi) is 4.17. The molecule has 1 fully saturated rings. The first kappa shape index (κ1) is 14.0. The average molecular weight is 266 g/mol. The number of halogens is 1. The molecule has 0 saturated carbocycles. The van der Waals surface area contributed by atoms with Crippen molar-refractivity contribution in [3.63, 3.8) is 0 Å². The van der Waals surface area contributed by atoms with Gasteiger partial charge in [-0.15, -0.1) is 0 Å². The Morgan fingerprint density at radius 3 is 2.58 bits per heavy atom. The maximum atomic E-state index is 12.9. The van der Waals surface area contributed by atoms with Gasteiger partial charge in [0.25, 0.3) is 0 Å². The van der Waals surface area contributed by atoms with Crippen molar-refractivity contribution in [1.82, 2.24) is 4.90 Å². The molecule has 1 aliphatic rings. The number of benzene rings is 1. The van der Waals surface area contributed by atoms with Crippen LogP contribution in [0.3, 0.4) is 0 Å². The van der Waals surface area contributed by atoms with E-state index in [0.717, 1.165) is 5.56 Å². The number of carbonyl (C=O) groups is 1. The van der Waals surface area contributed by atoms with E-state index in [1.165, 1.54) is 12.1 Å². The second kappa shape index (κ2) is 5.67. The van der Waals surface area contributed by atoms with Crippen LogP contribution in [0.15, 0.2) is 24.3 Å². The van der Waals surface area contributed by atoms with Gasteiger partial charge in [-0.05, 0) is 24.6 Å². The Morgan fingerprint density at radius 1 is 1.42 bits per heavy atom. The molecule has 1 amide bonds. The van der Waals surface area contributed by atoms with E-state index < -0.39 is 0 Å². The van der Waals surface area contributed by atoms with E-state index in [9.17, 15) is 9.18 Å². The molecule has 2 N–H and O–H groups in total. The van der Waals surface area contributed by atoms with E-state index in [1.54, 1.807) is 24.1 Å². The van der Waals surface area contributed by atoms with Crippen LogP contribution in [0.25, 0.3) is 0 Å². The fourth-order valence-electron chi connectivity index (χ4n) is 2.24. The van der Waals surface area contributed by atoms with Gasteiger partial charge in [0.1, 0.15) is 5.82 Å². The van der Waals surface area contributed by atoms with E-state index in [1.807, 2.05) is 6.92 Å². The molecular weight excluding hydrogens is 247 g/mol. The van der Waals surface area contributed by atoms with Gasteiger partial charge in [-0.25, -0.2) is 4.39 Å². The molecule has 1 aliphatic heterocycles. The Labute approximate surface area is 112 Å². The lowest BCUT2D eigenvalue weighted by Crippen LogP contribution is -2.42. The van der Waals surface area contributed by atoms with Gasteiger partial charge >= 0.3 is 0 Å². The maximum absolute atomic E-state index is 12.9. The summed E-state index contributed by atoms with van der Waals surface area (Å²) in [6, 6.07) is 5.81. The Morgan fingerprint density at radius 2 is 2.05 bits per heavy atom. The van der Waals surface area contributed by atoms with Crippen molar-refractivity contribution < 1.29 is 13.9 Å². The monoisotopic (exact) mass is 266 g/mol. The SMILES string of the molecule is CC(c1ccc(F)cc1)N(C)C(=O)C1COCC1N. The van der Waals surface area contributed by atoms with E-state index >= 15 is 0 Å². The molecule has 19 heavy (non-hydrogen) atoms. The molecule has 1 heterocycles. The number of hydrogen-bond acceptors (Lipinski definition) is 3. The first-order chi connectivity index (χ1) is 9.00. The summed E-state index contributed by atoms with van der Waals surface area (Å²) in [5.74, 6) is -0.592. The van der Waals surface area contributed by atoms with Gasteiger partial charge in [0.2, 0.25) is 5.91 Å². The standard InChI is InChI=1S/C14H19FN2O2/c1-9(10-3-5-11(15)6-4-10)17(2)14(18)12-7-19-8-13(12)16/h3-6,9,12-13H,7-8,16H2,1-2H3. The molecule has 3 unspecified atom stereocenters. The first-order valence-electron chi connectivity index (χ1n) is 6.36. The number of hydrogen-bond donors (Lipinski definition) is 1. The molecule has 0 radical (unpaired) electrons. The zero-order valence-electron chi connectivity index (χ0n) is 11.2. The van der Waals surface area contributed by atoms with Crippen LogP contribution in [0.5, 0.6) is 0 Å². The summed E-state index contributed by atoms with van der Waals surface area (Å²) >= 11 is 0. The number of rotatable bonds is 3. The van der Waals surface area contributed by atoms with Crippen molar-refractivity contribution in [2.45, 2.75) is 19.0 Å². The van der Waals surface area contributed by atoms with Crippen LogP contribution < -0.4 is 5.73 Å². The van der Waals surface area contributed by atoms with Gasteiger partial charge in [-0.2, -0.15) is 0 Å². The summed E-state index contributed by atoms with van der Waals surface area (Å²) in [5.41, 5.74) is 6.75. The van der Waals surface area contributed by atoms with Crippen LogP contribution in [0.2, 0.25) is 0 Å². The van der Waals surface area contributed by atoms with E-state index in [4.69, 9.17) is 10.5 Å². The third kappa shape index (κ3) is 2.93. The van der Waals surface area contributed by atoms with E-state index in [-0.39, 0.29) is 29.7 Å². The van der Waals surface area contributed by atoms with Gasteiger partial charge < -0.3 is 15.4 Å². The summed E-state index contributed by atoms with van der Waals surface area (Å²) in [5, 5.41) is 0. The highest BCUT2D eigenvalue weighted by Gasteiger charge is 2.34. The van der Waals surface area contributed by atoms with Crippen molar-refractivity contribution in [3.05, 3.63) is 35.6 Å². The Hall–Kier alpha value is -1.46. The minimum atomic E-state index is -0.284. The molecule has 1 saturated heterocycles. The van der Waals surface area contributed by atoms with Crippen molar-refractivity contribution in [1.29, 1.82) is 0 Å². The summed E-state index contributed by atoms with van der Waals surface area (Å²) in [4.78, 5) is 14.0. The predicted octanol–water partition coefficient (Wildman–Crippen LogP) is 1.32. The minimum absolute atomic E-state index is 0.0261. The Balaban J connectivity index is 2.08. The second-order valence-electron chi connectivity index (χ2n) is 4.98. The lowest BCUT2D eigenvalue weighted by atomic mass is 10.0. The van der Waals surface area contributed by atoms with Gasteiger partial charge in [-0.3, -0.25) is 4.79 Å². The number of amides is 1. The van der Waals surface area contributed by atoms with Gasteiger partial charge in [0.05, 0.1) is 25.2 Å². The molecule has 0 bridgehead atoms. The molecule has 104 valence electrons. The highest BCUT2D eigenvalue weighted by atomic mass is 19.1. The number of ether oxygens (including phenoxy) is 1. The molecular formula is C14H19FN2O2. The molecule has 2 rings (SSSR count). The third-order valence-electron chi connectivity index (χ3n) is 3.72. The van der Waals surface area contributed by atoms with Crippen LogP contribution in [0.4, 0.5) is 4.39 Å². The largest absolute Gasteiger partial charge is 0.379 e. The first-order valence-corrected chi connectivity index (χ1v) is 6.36. The quantitative estimate of drug-likeness (QED) is 0.897. The van der Waals surface area contributed by atoms with E-state index in [2.05, 4.69) is 0 Å². The summed E-state index contributed by atoms with van der Waals surface area (Å²) in [6.07, 6.45) is 0. The zero-order valence-corrected chi connectivity index (χ0v) is 11.2. The van der Waals surface area contributed by atoms with Crippen LogP contribution >= 0.6 is 0 Å². The van der Waals surface area contributed by atoms with Crippen LogP contribution in [-0.4, -0.2) is 37.1 Å². The fraction of sp³-hybridized carbons (Fsp3) is 0.500. The minimum Gasteiger partial charge on any atom is -0.379 e. The lowest BCUT2D eigenvalue weighted by Gasteiger charge is -2.28. The molecule has 1 aromatic rings.